The Labute approximate surface area is 299 Å². The molecule has 0 aliphatic heterocycles. The highest BCUT2D eigenvalue weighted by Crippen LogP contribution is 2.33. The van der Waals surface area contributed by atoms with Crippen molar-refractivity contribution in [2.75, 3.05) is 46.2 Å². The Morgan fingerprint density at radius 1 is 1.02 bits per heavy atom. The first kappa shape index (κ1) is 43.1. The minimum Gasteiger partial charge on any atom is -0.392 e. The number of hydrogen-bond acceptors (Lipinski definition) is 8. The van der Waals surface area contributed by atoms with Crippen LogP contribution in [0, 0.1) is 5.41 Å². The maximum atomic E-state index is 11.8. The van der Waals surface area contributed by atoms with E-state index in [0.717, 1.165) is 57.1 Å². The number of nitrogens with zero attached hydrogens (tertiary/aromatic N) is 4. The number of amidine groups is 1. The van der Waals surface area contributed by atoms with Crippen LogP contribution >= 0.6 is 0 Å². The van der Waals surface area contributed by atoms with E-state index in [-0.39, 0.29) is 5.84 Å². The summed E-state index contributed by atoms with van der Waals surface area (Å²) in [6.45, 7) is 15.0. The monoisotopic (exact) mass is 682 g/mol. The number of rotatable bonds is 17. The van der Waals surface area contributed by atoms with Crippen LogP contribution in [0.3, 0.4) is 0 Å². The van der Waals surface area contributed by atoms with Gasteiger partial charge in [-0.1, -0.05) is 63.1 Å². The fourth-order valence-corrected chi connectivity index (χ4v) is 5.12. The molecule has 0 saturated carbocycles. The summed E-state index contributed by atoms with van der Waals surface area (Å²) in [5, 5.41) is 12.0. The van der Waals surface area contributed by atoms with E-state index in [1.807, 2.05) is 51.4 Å². The van der Waals surface area contributed by atoms with Crippen LogP contribution in [0.15, 0.2) is 76.0 Å². The van der Waals surface area contributed by atoms with Crippen molar-refractivity contribution >= 4 is 59.7 Å². The van der Waals surface area contributed by atoms with E-state index in [1.54, 1.807) is 37.5 Å². The summed E-state index contributed by atoms with van der Waals surface area (Å²) in [5.74, 6) is 0.125. The fourth-order valence-electron chi connectivity index (χ4n) is 5.12. The molecule has 1 heterocycles. The van der Waals surface area contributed by atoms with Crippen molar-refractivity contribution < 1.29 is 9.59 Å². The molecule has 270 valence electrons. The van der Waals surface area contributed by atoms with Crippen molar-refractivity contribution in [3.63, 3.8) is 0 Å². The number of benzene rings is 2. The molecule has 0 aliphatic rings. The third kappa shape index (κ3) is 13.5. The first-order valence-corrected chi connectivity index (χ1v) is 17.1. The van der Waals surface area contributed by atoms with Crippen LogP contribution in [0.5, 0.6) is 0 Å². The Morgan fingerprint density at radius 2 is 1.66 bits per heavy atom. The SMILES string of the molecule is C=N/C(=C(/C)C=NC(=N)/C=C(/C)NC)c1c[nH]c2c(N(C)Cc3c(C=O)cccc3/C=C/C=O)cccc12.CCCCN(C)CCCC.CN. The number of nitrogens with two attached hydrogens (primary N) is 1. The average Bonchev–Trinajstić information content (AvgIpc) is 3.56. The molecule has 0 atom stereocenters. The lowest BCUT2D eigenvalue weighted by Crippen LogP contribution is -2.20. The maximum Gasteiger partial charge on any atom is 0.150 e. The number of aromatic nitrogens is 1. The van der Waals surface area contributed by atoms with Crippen LogP contribution in [-0.4, -0.2) is 82.5 Å². The number of fused-ring (bicyclic) bond motifs is 1. The van der Waals surface area contributed by atoms with Crippen molar-refractivity contribution in [2.24, 2.45) is 15.7 Å². The Bertz CT molecular complexity index is 1640. The second kappa shape index (κ2) is 24.2. The van der Waals surface area contributed by atoms with Crippen LogP contribution in [0.2, 0.25) is 0 Å². The Morgan fingerprint density at radius 3 is 2.24 bits per heavy atom. The molecule has 0 aliphatic carbocycles. The number of aromatic amines is 1. The second-order valence-corrected chi connectivity index (χ2v) is 11.7. The maximum absolute atomic E-state index is 11.8. The standard InChI is InChI=1S/C30H32N6O2.C9H21N.CH5N/c1-20(16-34-28(31)15-21(2)32-3)29(33-4)25-17-35-30-24(25)12-7-13-27(30)36(5)18-26-22(11-8-14-37)9-6-10-23(26)19-38;1-4-6-8-10(3)9-7-5-2;1-2/h6-17,19,31-32,35H,4,18H2,1-3,5H3;4-9H2,1-3H3;2H2,1H3/b11-8+,21-15-,29-20-,31-28?,34-16?;;. The topological polar surface area (TPSA) is 143 Å². The van der Waals surface area contributed by atoms with Crippen LogP contribution < -0.4 is 16.0 Å². The quantitative estimate of drug-likeness (QED) is 0.0502. The molecule has 0 fully saturated rings. The smallest absolute Gasteiger partial charge is 0.150 e. The highest BCUT2D eigenvalue weighted by molar-refractivity contribution is 6.05. The minimum absolute atomic E-state index is 0.125. The van der Waals surface area contributed by atoms with E-state index in [1.165, 1.54) is 51.9 Å². The molecule has 0 spiro atoms. The summed E-state index contributed by atoms with van der Waals surface area (Å²) in [7, 11) is 7.46. The highest BCUT2D eigenvalue weighted by Gasteiger charge is 2.16. The predicted octanol–water partition coefficient (Wildman–Crippen LogP) is 7.53. The van der Waals surface area contributed by atoms with E-state index < -0.39 is 0 Å². The molecule has 0 amide bonds. The molecule has 0 saturated heterocycles. The molecule has 2 aromatic carbocycles. The largest absolute Gasteiger partial charge is 0.392 e. The molecule has 0 unspecified atom stereocenters. The lowest BCUT2D eigenvalue weighted by atomic mass is 10.00. The first-order chi connectivity index (χ1) is 24.1. The van der Waals surface area contributed by atoms with Crippen LogP contribution in [0.25, 0.3) is 22.7 Å². The number of H-pyrrole nitrogens is 1. The van der Waals surface area contributed by atoms with Crippen molar-refractivity contribution in [3.8, 4) is 0 Å². The van der Waals surface area contributed by atoms with Crippen LogP contribution in [-0.2, 0) is 11.3 Å². The summed E-state index contributed by atoms with van der Waals surface area (Å²) in [5.41, 5.74) is 11.7. The molecule has 10 heteroatoms. The molecule has 3 aromatic rings. The van der Waals surface area contributed by atoms with Crippen molar-refractivity contribution in [1.82, 2.24) is 15.2 Å². The first-order valence-electron chi connectivity index (χ1n) is 17.1. The van der Waals surface area contributed by atoms with Gasteiger partial charge < -0.3 is 25.8 Å². The average molecular weight is 683 g/mol. The van der Waals surface area contributed by atoms with Crippen LogP contribution in [0.4, 0.5) is 5.69 Å². The summed E-state index contributed by atoms with van der Waals surface area (Å²) >= 11 is 0. The molecule has 5 N–H and O–H groups in total. The Hall–Kier alpha value is -4.93. The van der Waals surface area contributed by atoms with E-state index in [0.29, 0.717) is 17.8 Å². The van der Waals surface area contributed by atoms with E-state index in [9.17, 15) is 9.59 Å². The number of aldehydes is 2. The van der Waals surface area contributed by atoms with Gasteiger partial charge in [0.15, 0.2) is 0 Å². The van der Waals surface area contributed by atoms with Gasteiger partial charge in [0.05, 0.1) is 16.9 Å². The van der Waals surface area contributed by atoms with Gasteiger partial charge in [-0.05, 0) is 89.4 Å². The third-order valence-electron chi connectivity index (χ3n) is 7.95. The van der Waals surface area contributed by atoms with E-state index in [2.05, 4.69) is 63.4 Å². The summed E-state index contributed by atoms with van der Waals surface area (Å²) < 4.78 is 0. The van der Waals surface area contributed by atoms with Gasteiger partial charge in [0.2, 0.25) is 0 Å². The highest BCUT2D eigenvalue weighted by atomic mass is 16.1. The number of carbonyl (C=O) groups excluding carboxylic acids is 2. The van der Waals surface area contributed by atoms with Crippen molar-refractivity contribution in [3.05, 3.63) is 88.3 Å². The van der Waals surface area contributed by atoms with E-state index in [4.69, 9.17) is 5.41 Å². The van der Waals surface area contributed by atoms with Gasteiger partial charge in [0.25, 0.3) is 0 Å². The van der Waals surface area contributed by atoms with Gasteiger partial charge in [0, 0.05) is 61.3 Å². The zero-order valence-corrected chi connectivity index (χ0v) is 31.3. The number of carbonyl (C=O) groups is 2. The summed E-state index contributed by atoms with van der Waals surface area (Å²) in [4.78, 5) is 39.0. The number of allylic oxidation sites excluding steroid dienone is 3. The van der Waals surface area contributed by atoms with Gasteiger partial charge in [0.1, 0.15) is 18.4 Å². The molecule has 1 aromatic heterocycles. The predicted molar refractivity (Wildman–Crippen MR) is 216 cm³/mol. The zero-order chi connectivity index (χ0) is 37.5. The summed E-state index contributed by atoms with van der Waals surface area (Å²) in [6, 6.07) is 11.4. The van der Waals surface area contributed by atoms with E-state index >= 15 is 0 Å². The molecule has 50 heavy (non-hydrogen) atoms. The lowest BCUT2D eigenvalue weighted by Gasteiger charge is -2.22. The number of anilines is 1. The summed E-state index contributed by atoms with van der Waals surface area (Å²) in [6.07, 6.45) is 15.2. The van der Waals surface area contributed by atoms with Crippen molar-refractivity contribution in [2.45, 2.75) is 59.9 Å². The minimum atomic E-state index is 0.125. The van der Waals surface area contributed by atoms with Gasteiger partial charge in [-0.25, -0.2) is 4.99 Å². The van der Waals surface area contributed by atoms with Gasteiger partial charge >= 0.3 is 0 Å². The number of para-hydroxylation sites is 1. The van der Waals surface area contributed by atoms with Crippen LogP contribution in [0.1, 0.15) is 80.4 Å². The Balaban J connectivity index is 0.000000895. The normalized spacial score (nSPS) is 11.8. The molecule has 3 rings (SSSR count). The second-order valence-electron chi connectivity index (χ2n) is 11.7. The molecular formula is C40H58N8O2. The number of unbranched alkanes of at least 4 members (excludes halogenated alkanes) is 2. The fraction of sp³-hybridized carbons (Fsp3) is 0.375. The zero-order valence-electron chi connectivity index (χ0n) is 31.3. The van der Waals surface area contributed by atoms with Gasteiger partial charge in [-0.3, -0.25) is 20.0 Å². The third-order valence-corrected chi connectivity index (χ3v) is 7.95. The Kier molecular flexibility index (Phi) is 20.9. The molecular weight excluding hydrogens is 624 g/mol. The lowest BCUT2D eigenvalue weighted by molar-refractivity contribution is -0.104. The van der Waals surface area contributed by atoms with Gasteiger partial charge in [-0.15, -0.1) is 0 Å². The molecule has 0 bridgehead atoms. The number of aliphatic imine (C=N–C) groups is 2. The molecule has 0 radical (unpaired) electrons. The number of nitrogens with one attached hydrogen (secondary N) is 3. The number of hydrogen-bond donors (Lipinski definition) is 4. The van der Waals surface area contributed by atoms with Crippen molar-refractivity contribution in [1.29, 1.82) is 5.41 Å². The molecule has 10 nitrogen and oxygen atoms in total. The van der Waals surface area contributed by atoms with Gasteiger partial charge in [-0.2, -0.15) is 0 Å².